The normalized spacial score (nSPS) is 10.5. The molecule has 0 saturated heterocycles. The molecule has 0 aromatic heterocycles. The van der Waals surface area contributed by atoms with Crippen molar-refractivity contribution in [1.82, 2.24) is 0 Å². The second-order valence-corrected chi connectivity index (χ2v) is 6.90. The molecular weight excluding hydrogens is 352 g/mol. The van der Waals surface area contributed by atoms with Gasteiger partial charge >= 0.3 is 0 Å². The number of para-hydroxylation sites is 1. The van der Waals surface area contributed by atoms with E-state index in [0.29, 0.717) is 5.11 Å². The SMILES string of the molecule is COc1ccc(-c2ccccc2)cc1NC(=S)N(c1ccccc1)C(C)C. The molecule has 0 heterocycles. The molecule has 0 fully saturated rings. The maximum atomic E-state index is 5.74. The highest BCUT2D eigenvalue weighted by Gasteiger charge is 2.17. The summed E-state index contributed by atoms with van der Waals surface area (Å²) in [4.78, 5) is 2.10. The largest absolute Gasteiger partial charge is 0.495 e. The van der Waals surface area contributed by atoms with Gasteiger partial charge in [-0.25, -0.2) is 0 Å². The highest BCUT2D eigenvalue weighted by molar-refractivity contribution is 7.80. The Labute approximate surface area is 166 Å². The highest BCUT2D eigenvalue weighted by Crippen LogP contribution is 2.31. The fourth-order valence-corrected chi connectivity index (χ4v) is 3.46. The van der Waals surface area contributed by atoms with Crippen LogP contribution in [0.1, 0.15) is 13.8 Å². The van der Waals surface area contributed by atoms with Gasteiger partial charge in [-0.15, -0.1) is 0 Å². The fraction of sp³-hybridized carbons (Fsp3) is 0.174. The number of thiocarbonyl (C=S) groups is 1. The summed E-state index contributed by atoms with van der Waals surface area (Å²) in [6.45, 7) is 4.25. The molecule has 0 bridgehead atoms. The molecule has 27 heavy (non-hydrogen) atoms. The highest BCUT2D eigenvalue weighted by atomic mass is 32.1. The first-order valence-corrected chi connectivity index (χ1v) is 9.39. The van der Waals surface area contributed by atoms with Crippen LogP contribution in [0.3, 0.4) is 0 Å². The monoisotopic (exact) mass is 376 g/mol. The van der Waals surface area contributed by atoms with Gasteiger partial charge in [0.25, 0.3) is 0 Å². The van der Waals surface area contributed by atoms with Gasteiger partial charge in [-0.2, -0.15) is 0 Å². The molecule has 0 spiro atoms. The Morgan fingerprint density at radius 1 is 0.889 bits per heavy atom. The van der Waals surface area contributed by atoms with E-state index in [2.05, 4.69) is 60.5 Å². The molecule has 138 valence electrons. The first-order chi connectivity index (χ1) is 13.1. The third kappa shape index (κ3) is 4.47. The van der Waals surface area contributed by atoms with Gasteiger partial charge < -0.3 is 15.0 Å². The summed E-state index contributed by atoms with van der Waals surface area (Å²) in [6, 6.07) is 26.7. The lowest BCUT2D eigenvalue weighted by Gasteiger charge is -2.30. The molecule has 3 rings (SSSR count). The minimum Gasteiger partial charge on any atom is -0.495 e. The molecule has 4 heteroatoms. The number of hydrogen-bond donors (Lipinski definition) is 1. The van der Waals surface area contributed by atoms with Gasteiger partial charge in [-0.1, -0.05) is 54.6 Å². The molecule has 0 aliphatic rings. The molecule has 3 nitrogen and oxygen atoms in total. The summed E-state index contributed by atoms with van der Waals surface area (Å²) < 4.78 is 5.54. The number of nitrogens with zero attached hydrogens (tertiary/aromatic N) is 1. The predicted octanol–water partition coefficient (Wildman–Crippen LogP) is 5.97. The Balaban J connectivity index is 1.92. The minimum atomic E-state index is 0.218. The number of benzene rings is 3. The van der Waals surface area contributed by atoms with Crippen LogP contribution in [-0.2, 0) is 0 Å². The van der Waals surface area contributed by atoms with Gasteiger partial charge in [0, 0.05) is 11.7 Å². The van der Waals surface area contributed by atoms with Gasteiger partial charge in [0.1, 0.15) is 5.75 Å². The van der Waals surface area contributed by atoms with Crippen LogP contribution in [0.25, 0.3) is 11.1 Å². The number of nitrogens with one attached hydrogen (secondary N) is 1. The van der Waals surface area contributed by atoms with E-state index in [0.717, 1.165) is 28.3 Å². The quantitative estimate of drug-likeness (QED) is 0.554. The summed E-state index contributed by atoms with van der Waals surface area (Å²) in [6.07, 6.45) is 0. The Bertz CT molecular complexity index is 895. The van der Waals surface area contributed by atoms with Crippen LogP contribution in [-0.4, -0.2) is 18.3 Å². The van der Waals surface area contributed by atoms with Crippen LogP contribution in [0.5, 0.6) is 5.75 Å². The second-order valence-electron chi connectivity index (χ2n) is 6.51. The minimum absolute atomic E-state index is 0.218. The number of anilines is 2. The van der Waals surface area contributed by atoms with E-state index < -0.39 is 0 Å². The van der Waals surface area contributed by atoms with Crippen LogP contribution in [0.15, 0.2) is 78.9 Å². The Hall–Kier alpha value is -2.85. The molecule has 0 atom stereocenters. The summed E-state index contributed by atoms with van der Waals surface area (Å²) in [7, 11) is 1.67. The van der Waals surface area contributed by atoms with E-state index in [1.807, 2.05) is 42.5 Å². The zero-order valence-electron chi connectivity index (χ0n) is 15.8. The third-order valence-corrected chi connectivity index (χ3v) is 4.62. The maximum absolute atomic E-state index is 5.74. The maximum Gasteiger partial charge on any atom is 0.178 e. The number of methoxy groups -OCH3 is 1. The van der Waals surface area contributed by atoms with Gasteiger partial charge in [0.05, 0.1) is 12.8 Å². The lowest BCUT2D eigenvalue weighted by atomic mass is 10.0. The summed E-state index contributed by atoms with van der Waals surface area (Å²) >= 11 is 5.74. The topological polar surface area (TPSA) is 24.5 Å². The van der Waals surface area contributed by atoms with Crippen LogP contribution >= 0.6 is 12.2 Å². The molecule has 0 aliphatic carbocycles. The lowest BCUT2D eigenvalue weighted by molar-refractivity contribution is 0.417. The van der Waals surface area contributed by atoms with Gasteiger partial charge in [0.15, 0.2) is 5.11 Å². The second kappa shape index (κ2) is 8.69. The predicted molar refractivity (Wildman–Crippen MR) is 119 cm³/mol. The van der Waals surface area contributed by atoms with Crippen molar-refractivity contribution in [2.24, 2.45) is 0 Å². The summed E-state index contributed by atoms with van der Waals surface area (Å²) in [5.41, 5.74) is 4.17. The van der Waals surface area contributed by atoms with Crippen LogP contribution in [0, 0.1) is 0 Å². The molecule has 0 amide bonds. The van der Waals surface area contributed by atoms with Gasteiger partial charge in [-0.3, -0.25) is 0 Å². The molecule has 0 saturated carbocycles. The van der Waals surface area contributed by atoms with E-state index in [9.17, 15) is 0 Å². The number of rotatable bonds is 5. The molecule has 0 unspecified atom stereocenters. The number of ether oxygens (including phenoxy) is 1. The van der Waals surface area contributed by atoms with Crippen molar-refractivity contribution in [2.45, 2.75) is 19.9 Å². The Morgan fingerprint density at radius 3 is 2.11 bits per heavy atom. The molecule has 3 aromatic carbocycles. The number of hydrogen-bond acceptors (Lipinski definition) is 2. The third-order valence-electron chi connectivity index (χ3n) is 4.32. The molecule has 3 aromatic rings. The zero-order chi connectivity index (χ0) is 19.2. The van der Waals surface area contributed by atoms with Crippen LogP contribution < -0.4 is 15.0 Å². The summed E-state index contributed by atoms with van der Waals surface area (Å²) in [5.74, 6) is 0.758. The van der Waals surface area contributed by atoms with Crippen molar-refractivity contribution < 1.29 is 4.74 Å². The Morgan fingerprint density at radius 2 is 1.52 bits per heavy atom. The van der Waals surface area contributed by atoms with Crippen LogP contribution in [0.4, 0.5) is 11.4 Å². The zero-order valence-corrected chi connectivity index (χ0v) is 16.7. The van der Waals surface area contributed by atoms with Gasteiger partial charge in [0.2, 0.25) is 0 Å². The van der Waals surface area contributed by atoms with Crippen molar-refractivity contribution in [1.29, 1.82) is 0 Å². The van der Waals surface area contributed by atoms with E-state index in [1.165, 1.54) is 0 Å². The van der Waals surface area contributed by atoms with E-state index >= 15 is 0 Å². The van der Waals surface area contributed by atoms with Crippen molar-refractivity contribution in [3.05, 3.63) is 78.9 Å². The van der Waals surface area contributed by atoms with E-state index in [-0.39, 0.29) is 6.04 Å². The standard InChI is InChI=1S/C23H24N2OS/c1-17(2)25(20-12-8-5-9-13-20)23(27)24-21-16-19(14-15-22(21)26-3)18-10-6-4-7-11-18/h4-17H,1-3H3,(H,24,27). The lowest BCUT2D eigenvalue weighted by Crippen LogP contribution is -2.40. The smallest absolute Gasteiger partial charge is 0.178 e. The fourth-order valence-electron chi connectivity index (χ4n) is 3.03. The van der Waals surface area contributed by atoms with Crippen molar-refractivity contribution in [3.63, 3.8) is 0 Å². The average Bonchev–Trinajstić information content (AvgIpc) is 2.69. The molecule has 1 N–H and O–H groups in total. The van der Waals surface area contributed by atoms with Crippen molar-refractivity contribution >= 4 is 28.7 Å². The average molecular weight is 377 g/mol. The molecular formula is C23H24N2OS. The van der Waals surface area contributed by atoms with Gasteiger partial charge in [-0.05, 0) is 61.5 Å². The van der Waals surface area contributed by atoms with Crippen molar-refractivity contribution in [3.8, 4) is 16.9 Å². The molecule has 0 radical (unpaired) electrons. The molecule has 0 aliphatic heterocycles. The van der Waals surface area contributed by atoms with E-state index in [1.54, 1.807) is 7.11 Å². The summed E-state index contributed by atoms with van der Waals surface area (Å²) in [5, 5.41) is 4.02. The van der Waals surface area contributed by atoms with Crippen LogP contribution in [0.2, 0.25) is 0 Å². The first kappa shape index (κ1) is 18.9. The first-order valence-electron chi connectivity index (χ1n) is 8.99. The van der Waals surface area contributed by atoms with E-state index in [4.69, 9.17) is 17.0 Å². The van der Waals surface area contributed by atoms with Crippen molar-refractivity contribution in [2.75, 3.05) is 17.3 Å². The Kier molecular flexibility index (Phi) is 6.09.